The summed E-state index contributed by atoms with van der Waals surface area (Å²) in [7, 11) is -1.66. The van der Waals surface area contributed by atoms with Crippen LogP contribution in [0.2, 0.25) is 5.15 Å². The number of nitrogens with one attached hydrogen (secondary N) is 3. The van der Waals surface area contributed by atoms with Crippen molar-refractivity contribution in [3.05, 3.63) is 64.3 Å². The summed E-state index contributed by atoms with van der Waals surface area (Å²) in [6, 6.07) is 4.34. The van der Waals surface area contributed by atoms with Gasteiger partial charge in [0.05, 0.1) is 34.1 Å². The number of halogens is 2. The van der Waals surface area contributed by atoms with Crippen LogP contribution in [0.3, 0.4) is 0 Å². The van der Waals surface area contributed by atoms with Gasteiger partial charge in [-0.2, -0.15) is 0 Å². The Labute approximate surface area is 244 Å². The molecule has 41 heavy (non-hydrogen) atoms. The lowest BCUT2D eigenvalue weighted by molar-refractivity contribution is 0.243. The van der Waals surface area contributed by atoms with Crippen molar-refractivity contribution in [2.75, 3.05) is 16.8 Å². The number of aromatic amines is 2. The average molecular weight is 616 g/mol. The second-order valence-electron chi connectivity index (χ2n) is 10.0. The highest BCUT2D eigenvalue weighted by Crippen LogP contribution is 2.35. The summed E-state index contributed by atoms with van der Waals surface area (Å²) < 4.78 is 42.9. The molecule has 4 aromatic heterocycles. The molecule has 0 amide bonds. The molecule has 1 aromatic carbocycles. The molecule has 3 N–H and O–H groups in total. The summed E-state index contributed by atoms with van der Waals surface area (Å²) in [6.45, 7) is 3.77. The van der Waals surface area contributed by atoms with E-state index in [1.165, 1.54) is 24.8 Å². The van der Waals surface area contributed by atoms with Crippen LogP contribution in [0.15, 0.2) is 30.9 Å². The number of nitrogens with zero attached hydrogens (tertiary/aromatic N) is 4. The van der Waals surface area contributed by atoms with Crippen LogP contribution in [-0.4, -0.2) is 55.9 Å². The third-order valence-corrected chi connectivity index (χ3v) is 9.68. The molecule has 0 saturated heterocycles. The summed E-state index contributed by atoms with van der Waals surface area (Å²) in [5, 5.41) is 5.34. The molecule has 0 saturated carbocycles. The quantitative estimate of drug-likeness (QED) is 0.244. The number of fused-ring (bicyclic) bond motifs is 6. The van der Waals surface area contributed by atoms with E-state index in [1.807, 2.05) is 13.8 Å². The van der Waals surface area contributed by atoms with Gasteiger partial charge in [-0.25, -0.2) is 24.3 Å². The van der Waals surface area contributed by atoms with Crippen molar-refractivity contribution in [1.29, 1.82) is 0 Å². The Morgan fingerprint density at radius 2 is 1.54 bits per heavy atom. The highest BCUT2D eigenvalue weighted by Gasteiger charge is 2.24. The minimum atomic E-state index is -0.884. The number of aryl methyl sites for hydroxylation is 2. The van der Waals surface area contributed by atoms with Crippen molar-refractivity contribution < 1.29 is 17.5 Å². The molecule has 2 unspecified atom stereocenters. The van der Waals surface area contributed by atoms with Crippen LogP contribution in [0.4, 0.5) is 15.9 Å². The van der Waals surface area contributed by atoms with E-state index in [4.69, 9.17) is 16.3 Å². The average Bonchev–Trinajstić information content (AvgIpc) is 3.49. The normalized spacial score (nSPS) is 18.1. The van der Waals surface area contributed by atoms with Crippen LogP contribution < -0.4 is 10.1 Å². The molecule has 0 bridgehead atoms. The Morgan fingerprint density at radius 1 is 0.927 bits per heavy atom. The molecule has 14 heteroatoms. The second kappa shape index (κ2) is 11.5. The molecule has 10 nitrogen and oxygen atoms in total. The molecule has 0 spiro atoms. The smallest absolute Gasteiger partial charge is 0.146 e. The minimum Gasteiger partial charge on any atom is -0.489 e. The highest BCUT2D eigenvalue weighted by molar-refractivity contribution is 7.84. The number of H-pyrrole nitrogens is 2. The molecule has 2 aliphatic heterocycles. The molecule has 0 radical (unpaired) electrons. The van der Waals surface area contributed by atoms with E-state index in [-0.39, 0.29) is 11.9 Å². The maximum absolute atomic E-state index is 13.6. The van der Waals surface area contributed by atoms with E-state index in [1.54, 1.807) is 6.07 Å². The van der Waals surface area contributed by atoms with Crippen LogP contribution in [0, 0.1) is 5.82 Å². The van der Waals surface area contributed by atoms with Crippen LogP contribution in [-0.2, 0) is 45.9 Å². The van der Waals surface area contributed by atoms with Crippen LogP contribution in [0.5, 0.6) is 5.75 Å². The standard InChI is InChI=1S/C18H19FN4O2S.C9H8ClN3OS/c1-10(2)25-15-7-11(19)3-4-14(15)23-18-16-12-8-26(24)6-5-13(12)22-17(16)20-9-21-18;10-8-7-5-3-15(14)2-1-6(5)13-9(7)12-4-11-8/h3-4,7,9-10H,5-6,8H2,1-2H3,(H2,20,21,22,23);4H,1-3H2,(H,11,12,13). The van der Waals surface area contributed by atoms with E-state index in [0.29, 0.717) is 51.1 Å². The van der Waals surface area contributed by atoms with Gasteiger partial charge in [-0.15, -0.1) is 0 Å². The summed E-state index contributed by atoms with van der Waals surface area (Å²) >= 11 is 6.01. The monoisotopic (exact) mass is 615 g/mol. The molecule has 2 aliphatic rings. The van der Waals surface area contributed by atoms with E-state index in [2.05, 4.69) is 35.2 Å². The third kappa shape index (κ3) is 5.70. The van der Waals surface area contributed by atoms with Gasteiger partial charge in [0, 0.05) is 50.6 Å². The number of benzene rings is 1. The maximum atomic E-state index is 13.6. The maximum Gasteiger partial charge on any atom is 0.146 e. The number of anilines is 2. The van der Waals surface area contributed by atoms with Crippen molar-refractivity contribution in [3.8, 4) is 5.75 Å². The molecule has 214 valence electrons. The Balaban J connectivity index is 0.000000170. The first-order chi connectivity index (χ1) is 19.8. The van der Waals surface area contributed by atoms with Crippen LogP contribution in [0.25, 0.3) is 22.1 Å². The molecular formula is C27H27ClFN7O3S2. The number of ether oxygens (including phenoxy) is 1. The van der Waals surface area contributed by atoms with Gasteiger partial charge < -0.3 is 20.0 Å². The van der Waals surface area contributed by atoms with Crippen LogP contribution in [0.1, 0.15) is 36.4 Å². The van der Waals surface area contributed by atoms with Crippen molar-refractivity contribution in [3.63, 3.8) is 0 Å². The first-order valence-corrected chi connectivity index (χ1v) is 16.4. The number of hydrogen-bond acceptors (Lipinski definition) is 8. The number of rotatable bonds is 4. The number of hydrogen-bond donors (Lipinski definition) is 3. The van der Waals surface area contributed by atoms with Crippen molar-refractivity contribution in [1.82, 2.24) is 29.9 Å². The molecule has 6 heterocycles. The summed E-state index contributed by atoms with van der Waals surface area (Å²) in [5.74, 6) is 3.05. The zero-order valence-electron chi connectivity index (χ0n) is 22.3. The van der Waals surface area contributed by atoms with Crippen molar-refractivity contribution in [2.45, 2.75) is 44.3 Å². The van der Waals surface area contributed by atoms with Gasteiger partial charge in [0.25, 0.3) is 0 Å². The van der Waals surface area contributed by atoms with Gasteiger partial charge in [0.2, 0.25) is 0 Å². The molecular weight excluding hydrogens is 589 g/mol. The summed E-state index contributed by atoms with van der Waals surface area (Å²) in [5.41, 5.74) is 6.25. The van der Waals surface area contributed by atoms with Gasteiger partial charge in [-0.1, -0.05) is 11.6 Å². The minimum absolute atomic E-state index is 0.0924. The number of aromatic nitrogens is 6. The highest BCUT2D eigenvalue weighted by atomic mass is 35.5. The van der Waals surface area contributed by atoms with E-state index in [0.717, 1.165) is 51.8 Å². The van der Waals surface area contributed by atoms with Crippen LogP contribution >= 0.6 is 11.6 Å². The predicted molar refractivity (Wildman–Crippen MR) is 159 cm³/mol. The molecule has 5 aromatic rings. The molecule has 0 fully saturated rings. The molecule has 0 aliphatic carbocycles. The SMILES string of the molecule is CC(C)Oc1cc(F)ccc1Nc1ncnc2[nH]c3c(c12)CS(=O)CC3.O=S1CCc2[nH]c3ncnc(Cl)c3c2C1. The fraction of sp³-hybridized carbons (Fsp3) is 0.333. The first-order valence-electron chi connectivity index (χ1n) is 13.0. The zero-order chi connectivity index (χ0) is 28.7. The van der Waals surface area contributed by atoms with E-state index < -0.39 is 21.6 Å². The third-order valence-electron chi connectivity index (χ3n) is 6.85. The molecule has 2 atom stereocenters. The van der Waals surface area contributed by atoms with Gasteiger partial charge >= 0.3 is 0 Å². The van der Waals surface area contributed by atoms with Gasteiger partial charge in [-0.05, 0) is 49.9 Å². The molecule has 7 rings (SSSR count). The fourth-order valence-corrected chi connectivity index (χ4v) is 7.73. The zero-order valence-corrected chi connectivity index (χ0v) is 24.7. The second-order valence-corrected chi connectivity index (χ2v) is 13.5. The van der Waals surface area contributed by atoms with Gasteiger partial charge in [0.1, 0.15) is 46.5 Å². The lowest BCUT2D eigenvalue weighted by atomic mass is 10.1. The Hall–Kier alpha value is -3.42. The Bertz CT molecular complexity index is 1820. The summed E-state index contributed by atoms with van der Waals surface area (Å²) in [6.07, 6.45) is 4.34. The summed E-state index contributed by atoms with van der Waals surface area (Å²) in [4.78, 5) is 23.2. The Morgan fingerprint density at radius 3 is 2.20 bits per heavy atom. The largest absolute Gasteiger partial charge is 0.489 e. The Kier molecular flexibility index (Phi) is 7.75. The first kappa shape index (κ1) is 27.7. The van der Waals surface area contributed by atoms with E-state index in [9.17, 15) is 12.8 Å². The van der Waals surface area contributed by atoms with Crippen molar-refractivity contribution in [2.24, 2.45) is 0 Å². The predicted octanol–water partition coefficient (Wildman–Crippen LogP) is 4.85. The lowest BCUT2D eigenvalue weighted by Crippen LogP contribution is -2.12. The van der Waals surface area contributed by atoms with E-state index >= 15 is 0 Å². The fourth-order valence-electron chi connectivity index (χ4n) is 5.05. The van der Waals surface area contributed by atoms with Gasteiger partial charge in [-0.3, -0.25) is 8.42 Å². The van der Waals surface area contributed by atoms with Crippen molar-refractivity contribution >= 4 is 66.8 Å². The van der Waals surface area contributed by atoms with Gasteiger partial charge in [0.15, 0.2) is 0 Å². The topological polar surface area (TPSA) is 139 Å². The lowest BCUT2D eigenvalue weighted by Gasteiger charge is -2.16.